The second kappa shape index (κ2) is 5.78. The Bertz CT molecular complexity index is 929. The fourth-order valence-corrected chi connectivity index (χ4v) is 3.51. The maximum atomic E-state index is 12.8. The van der Waals surface area contributed by atoms with Crippen molar-refractivity contribution in [3.05, 3.63) is 58.0 Å². The van der Waals surface area contributed by atoms with Crippen molar-refractivity contribution < 1.29 is 0 Å². The molecule has 0 atom stereocenters. The van der Waals surface area contributed by atoms with E-state index >= 15 is 0 Å². The lowest BCUT2D eigenvalue weighted by atomic mass is 10.1. The molecule has 2 aromatic heterocycles. The van der Waals surface area contributed by atoms with E-state index in [9.17, 15) is 4.79 Å². The maximum absolute atomic E-state index is 12.8. The van der Waals surface area contributed by atoms with Gasteiger partial charge in [-0.2, -0.15) is 5.10 Å². The molecule has 0 unspecified atom stereocenters. The van der Waals surface area contributed by atoms with Crippen LogP contribution in [0, 0.1) is 0 Å². The molecule has 1 aromatic carbocycles. The summed E-state index contributed by atoms with van der Waals surface area (Å²) in [6.45, 7) is 0. The molecule has 1 fully saturated rings. The Balaban J connectivity index is 2.02. The van der Waals surface area contributed by atoms with E-state index in [2.05, 4.69) is 10.1 Å². The van der Waals surface area contributed by atoms with Crippen LogP contribution in [0.5, 0.6) is 0 Å². The highest BCUT2D eigenvalue weighted by Crippen LogP contribution is 2.30. The van der Waals surface area contributed by atoms with Gasteiger partial charge in [-0.15, -0.1) is 0 Å². The predicted octanol–water partition coefficient (Wildman–Crippen LogP) is 4.23. The van der Waals surface area contributed by atoms with Crippen molar-refractivity contribution >= 4 is 22.5 Å². The SMILES string of the molecule is O=c1c2cccnc2c(-c2cccc(Cl)c2)nn1C1CCCC1. The molecule has 3 aromatic rings. The minimum atomic E-state index is -0.0502. The molecule has 23 heavy (non-hydrogen) atoms. The van der Waals surface area contributed by atoms with Gasteiger partial charge >= 0.3 is 0 Å². The van der Waals surface area contributed by atoms with Crippen molar-refractivity contribution in [2.24, 2.45) is 0 Å². The molecule has 4 nitrogen and oxygen atoms in total. The van der Waals surface area contributed by atoms with Crippen molar-refractivity contribution in [2.45, 2.75) is 31.7 Å². The second-order valence-electron chi connectivity index (χ2n) is 5.95. The predicted molar refractivity (Wildman–Crippen MR) is 91.7 cm³/mol. The maximum Gasteiger partial charge on any atom is 0.276 e. The zero-order valence-electron chi connectivity index (χ0n) is 12.6. The minimum absolute atomic E-state index is 0.0502. The summed E-state index contributed by atoms with van der Waals surface area (Å²) in [5.74, 6) is 0. The van der Waals surface area contributed by atoms with Crippen LogP contribution in [0.25, 0.3) is 22.2 Å². The highest BCUT2D eigenvalue weighted by molar-refractivity contribution is 6.30. The van der Waals surface area contributed by atoms with Crippen LogP contribution in [-0.4, -0.2) is 14.8 Å². The van der Waals surface area contributed by atoms with Crippen molar-refractivity contribution in [3.8, 4) is 11.3 Å². The summed E-state index contributed by atoms with van der Waals surface area (Å²) < 4.78 is 1.66. The Morgan fingerprint density at radius 3 is 2.74 bits per heavy atom. The van der Waals surface area contributed by atoms with E-state index in [0.29, 0.717) is 15.9 Å². The summed E-state index contributed by atoms with van der Waals surface area (Å²) in [7, 11) is 0. The standard InChI is InChI=1S/C18H16ClN3O/c19-13-6-3-5-12(11-13)16-17-15(9-4-10-20-17)18(23)22(21-16)14-7-1-2-8-14/h3-6,9-11,14H,1-2,7-8H2. The number of halogens is 1. The van der Waals surface area contributed by atoms with Crippen molar-refractivity contribution in [1.82, 2.24) is 14.8 Å². The topological polar surface area (TPSA) is 47.8 Å². The van der Waals surface area contributed by atoms with Crippen molar-refractivity contribution in [1.29, 1.82) is 0 Å². The summed E-state index contributed by atoms with van der Waals surface area (Å²) in [5.41, 5.74) is 2.18. The van der Waals surface area contributed by atoms with Crippen LogP contribution < -0.4 is 5.56 Å². The van der Waals surface area contributed by atoms with Gasteiger partial charge in [0.05, 0.1) is 11.4 Å². The molecule has 0 N–H and O–H groups in total. The molecule has 2 heterocycles. The Kier molecular flexibility index (Phi) is 3.62. The number of nitrogens with zero attached hydrogens (tertiary/aromatic N) is 3. The van der Waals surface area contributed by atoms with Gasteiger partial charge in [-0.05, 0) is 37.1 Å². The average Bonchev–Trinajstić information content (AvgIpc) is 3.10. The molecule has 0 saturated heterocycles. The summed E-state index contributed by atoms with van der Waals surface area (Å²) in [5, 5.41) is 5.94. The van der Waals surface area contributed by atoms with Crippen LogP contribution in [0.4, 0.5) is 0 Å². The molecule has 1 aliphatic carbocycles. The van der Waals surface area contributed by atoms with E-state index in [1.54, 1.807) is 16.9 Å². The number of hydrogen-bond acceptors (Lipinski definition) is 3. The first-order chi connectivity index (χ1) is 11.2. The Labute approximate surface area is 138 Å². The van der Waals surface area contributed by atoms with E-state index in [1.165, 1.54) is 0 Å². The minimum Gasteiger partial charge on any atom is -0.267 e. The quantitative estimate of drug-likeness (QED) is 0.708. The molecule has 0 bridgehead atoms. The zero-order chi connectivity index (χ0) is 15.8. The first-order valence-electron chi connectivity index (χ1n) is 7.87. The van der Waals surface area contributed by atoms with E-state index < -0.39 is 0 Å². The fraction of sp³-hybridized carbons (Fsp3) is 0.278. The van der Waals surface area contributed by atoms with Crippen LogP contribution in [0.15, 0.2) is 47.4 Å². The van der Waals surface area contributed by atoms with Gasteiger partial charge in [-0.3, -0.25) is 9.78 Å². The molecule has 0 amide bonds. The van der Waals surface area contributed by atoms with Gasteiger partial charge in [0.1, 0.15) is 11.2 Å². The Hall–Kier alpha value is -2.20. The first kappa shape index (κ1) is 14.4. The number of hydrogen-bond donors (Lipinski definition) is 0. The number of fused-ring (bicyclic) bond motifs is 1. The van der Waals surface area contributed by atoms with E-state index in [-0.39, 0.29) is 11.6 Å². The van der Waals surface area contributed by atoms with Crippen LogP contribution in [0.1, 0.15) is 31.7 Å². The molecule has 0 radical (unpaired) electrons. The summed E-state index contributed by atoms with van der Waals surface area (Å²) >= 11 is 6.13. The van der Waals surface area contributed by atoms with Crippen molar-refractivity contribution in [2.75, 3.05) is 0 Å². The smallest absolute Gasteiger partial charge is 0.267 e. The molecule has 1 saturated carbocycles. The third kappa shape index (κ3) is 2.53. The lowest BCUT2D eigenvalue weighted by Crippen LogP contribution is -2.27. The molecule has 0 spiro atoms. The molecule has 1 aliphatic rings. The van der Waals surface area contributed by atoms with Gasteiger partial charge in [0.25, 0.3) is 5.56 Å². The lowest BCUT2D eigenvalue weighted by Gasteiger charge is -2.15. The largest absolute Gasteiger partial charge is 0.276 e. The summed E-state index contributed by atoms with van der Waals surface area (Å²) in [6, 6.07) is 11.3. The van der Waals surface area contributed by atoms with Gasteiger partial charge in [-0.1, -0.05) is 36.6 Å². The summed E-state index contributed by atoms with van der Waals surface area (Å²) in [4.78, 5) is 17.2. The number of pyridine rings is 1. The zero-order valence-corrected chi connectivity index (χ0v) is 13.3. The normalized spacial score (nSPS) is 15.3. The summed E-state index contributed by atoms with van der Waals surface area (Å²) in [6.07, 6.45) is 6.01. The van der Waals surface area contributed by atoms with E-state index in [0.717, 1.165) is 36.9 Å². The Morgan fingerprint density at radius 1 is 1.13 bits per heavy atom. The Morgan fingerprint density at radius 2 is 1.96 bits per heavy atom. The second-order valence-corrected chi connectivity index (χ2v) is 6.38. The van der Waals surface area contributed by atoms with Gasteiger partial charge in [0.15, 0.2) is 0 Å². The van der Waals surface area contributed by atoms with Gasteiger partial charge < -0.3 is 0 Å². The van der Waals surface area contributed by atoms with E-state index in [4.69, 9.17) is 11.6 Å². The lowest BCUT2D eigenvalue weighted by molar-refractivity contribution is 0.449. The number of rotatable bonds is 2. The number of aromatic nitrogens is 3. The van der Waals surface area contributed by atoms with Crippen LogP contribution >= 0.6 is 11.6 Å². The highest BCUT2D eigenvalue weighted by Gasteiger charge is 2.22. The molecule has 0 aliphatic heterocycles. The molecule has 5 heteroatoms. The number of benzene rings is 1. The van der Waals surface area contributed by atoms with E-state index in [1.807, 2.05) is 30.3 Å². The molecule has 4 rings (SSSR count). The van der Waals surface area contributed by atoms with Crippen molar-refractivity contribution in [3.63, 3.8) is 0 Å². The average molecular weight is 326 g/mol. The fourth-order valence-electron chi connectivity index (χ4n) is 3.32. The molecular weight excluding hydrogens is 310 g/mol. The molecule has 116 valence electrons. The van der Waals surface area contributed by atoms with Crippen LogP contribution in [0.3, 0.4) is 0 Å². The third-order valence-electron chi connectivity index (χ3n) is 4.45. The van der Waals surface area contributed by atoms with Gasteiger partial charge in [0, 0.05) is 16.8 Å². The molecular formula is C18H16ClN3O. The van der Waals surface area contributed by atoms with Crippen LogP contribution in [-0.2, 0) is 0 Å². The third-order valence-corrected chi connectivity index (χ3v) is 4.68. The van der Waals surface area contributed by atoms with Gasteiger partial charge in [0.2, 0.25) is 0 Å². The first-order valence-corrected chi connectivity index (χ1v) is 8.25. The monoisotopic (exact) mass is 325 g/mol. The van der Waals surface area contributed by atoms with Crippen LogP contribution in [0.2, 0.25) is 5.02 Å². The highest BCUT2D eigenvalue weighted by atomic mass is 35.5. The van der Waals surface area contributed by atoms with Gasteiger partial charge in [-0.25, -0.2) is 4.68 Å².